The second-order valence-electron chi connectivity index (χ2n) is 5.14. The van der Waals surface area contributed by atoms with Crippen LogP contribution in [0, 0.1) is 16.0 Å². The van der Waals surface area contributed by atoms with Gasteiger partial charge in [-0.25, -0.2) is 0 Å². The van der Waals surface area contributed by atoms with Crippen molar-refractivity contribution in [3.8, 4) is 0 Å². The summed E-state index contributed by atoms with van der Waals surface area (Å²) in [5.41, 5.74) is -0.490. The van der Waals surface area contributed by atoms with E-state index < -0.39 is 34.8 Å². The molecule has 0 radical (unpaired) electrons. The highest BCUT2D eigenvalue weighted by atomic mass is 17.0. The average Bonchev–Trinajstić information content (AvgIpc) is 2.44. The molecule has 1 saturated carbocycles. The van der Waals surface area contributed by atoms with Gasteiger partial charge in [-0.1, -0.05) is 0 Å². The molecule has 1 aliphatic carbocycles. The molecule has 7 heteroatoms. The van der Waals surface area contributed by atoms with E-state index in [0.717, 1.165) is 0 Å². The number of rotatable bonds is 4. The summed E-state index contributed by atoms with van der Waals surface area (Å²) >= 11 is 0. The fourth-order valence-electron chi connectivity index (χ4n) is 1.96. The van der Waals surface area contributed by atoms with E-state index in [4.69, 9.17) is 9.84 Å². The van der Waals surface area contributed by atoms with E-state index in [0.29, 0.717) is 0 Å². The molecule has 0 aromatic heterocycles. The molecule has 0 aromatic carbocycles. The zero-order chi connectivity index (χ0) is 13.2. The molecule has 1 N–H and O–H groups in total. The lowest BCUT2D eigenvalue weighted by molar-refractivity contribution is -0.770. The van der Waals surface area contributed by atoms with Crippen LogP contribution in [-0.4, -0.2) is 34.0 Å². The molecule has 0 unspecified atom stereocenters. The molecule has 0 aliphatic heterocycles. The maximum atomic E-state index is 10.9. The molecule has 0 aromatic rings. The van der Waals surface area contributed by atoms with E-state index in [9.17, 15) is 14.9 Å². The van der Waals surface area contributed by atoms with E-state index in [2.05, 4.69) is 4.84 Å². The SMILES string of the molecule is CC(C)(C)O[C@@H]1C[C@H](C(=O)O)C[C@H]1O[N+](=O)[O-]. The summed E-state index contributed by atoms with van der Waals surface area (Å²) in [6, 6.07) is 0. The predicted octanol–water partition coefficient (Wildman–Crippen LogP) is 1.24. The van der Waals surface area contributed by atoms with Crippen LogP contribution in [0.2, 0.25) is 0 Å². The van der Waals surface area contributed by atoms with Crippen LogP contribution < -0.4 is 0 Å². The van der Waals surface area contributed by atoms with Crippen molar-refractivity contribution in [2.24, 2.45) is 5.92 Å². The van der Waals surface area contributed by atoms with Gasteiger partial charge in [0.2, 0.25) is 0 Å². The first-order valence-electron chi connectivity index (χ1n) is 5.41. The van der Waals surface area contributed by atoms with Gasteiger partial charge in [0.25, 0.3) is 5.09 Å². The van der Waals surface area contributed by atoms with Gasteiger partial charge in [-0.05, 0) is 33.6 Å². The standard InChI is InChI=1S/C10H17NO6/c1-10(2,3)16-7-4-6(9(12)13)5-8(7)17-11(14)15/h6-8H,4-5H2,1-3H3,(H,12,13)/t6-,7+,8+/m0/s1. The van der Waals surface area contributed by atoms with Gasteiger partial charge in [0.15, 0.2) is 0 Å². The molecule has 0 bridgehead atoms. The topological polar surface area (TPSA) is 98.9 Å². The van der Waals surface area contributed by atoms with Crippen molar-refractivity contribution in [1.29, 1.82) is 0 Å². The van der Waals surface area contributed by atoms with Crippen LogP contribution in [-0.2, 0) is 14.4 Å². The average molecular weight is 247 g/mol. The largest absolute Gasteiger partial charge is 0.481 e. The molecule has 1 aliphatic rings. The number of nitrogens with zero attached hydrogens (tertiary/aromatic N) is 1. The normalized spacial score (nSPS) is 29.0. The summed E-state index contributed by atoms with van der Waals surface area (Å²) in [5.74, 6) is -1.62. The molecule has 3 atom stereocenters. The van der Waals surface area contributed by atoms with Crippen molar-refractivity contribution in [2.45, 2.75) is 51.4 Å². The number of carbonyl (C=O) groups is 1. The van der Waals surface area contributed by atoms with Gasteiger partial charge in [-0.2, -0.15) is 0 Å². The smallest absolute Gasteiger partial charge is 0.306 e. The third kappa shape index (κ3) is 4.18. The Hall–Kier alpha value is -1.37. The van der Waals surface area contributed by atoms with Crippen LogP contribution in [0.3, 0.4) is 0 Å². The van der Waals surface area contributed by atoms with Crippen LogP contribution in [0.5, 0.6) is 0 Å². The minimum atomic E-state index is -0.970. The Balaban J connectivity index is 2.70. The Kier molecular flexibility index (Phi) is 3.92. The predicted molar refractivity (Wildman–Crippen MR) is 56.9 cm³/mol. The summed E-state index contributed by atoms with van der Waals surface area (Å²) < 4.78 is 5.60. The highest BCUT2D eigenvalue weighted by molar-refractivity contribution is 5.70. The van der Waals surface area contributed by atoms with Gasteiger partial charge in [0, 0.05) is 0 Å². The molecule has 1 fully saturated rings. The summed E-state index contributed by atoms with van der Waals surface area (Å²) in [6.45, 7) is 5.43. The minimum absolute atomic E-state index is 0.108. The Morgan fingerprint density at radius 1 is 1.35 bits per heavy atom. The van der Waals surface area contributed by atoms with Gasteiger partial charge < -0.3 is 14.7 Å². The highest BCUT2D eigenvalue weighted by Crippen LogP contribution is 2.33. The Morgan fingerprint density at radius 2 is 1.88 bits per heavy atom. The Labute approximate surface area is 98.8 Å². The van der Waals surface area contributed by atoms with E-state index >= 15 is 0 Å². The minimum Gasteiger partial charge on any atom is -0.481 e. The number of carboxylic acids is 1. The number of ether oxygens (including phenoxy) is 1. The first-order chi connectivity index (χ1) is 7.69. The van der Waals surface area contributed by atoms with E-state index in [-0.39, 0.29) is 12.8 Å². The van der Waals surface area contributed by atoms with Gasteiger partial charge in [0.1, 0.15) is 6.10 Å². The lowest BCUT2D eigenvalue weighted by Crippen LogP contribution is -2.35. The van der Waals surface area contributed by atoms with E-state index in [1.807, 2.05) is 20.8 Å². The second-order valence-corrected chi connectivity index (χ2v) is 5.14. The fourth-order valence-corrected chi connectivity index (χ4v) is 1.96. The lowest BCUT2D eigenvalue weighted by Gasteiger charge is -2.27. The Morgan fingerprint density at radius 3 is 2.29 bits per heavy atom. The van der Waals surface area contributed by atoms with Crippen molar-refractivity contribution in [3.05, 3.63) is 10.1 Å². The first-order valence-corrected chi connectivity index (χ1v) is 5.41. The van der Waals surface area contributed by atoms with Crippen molar-refractivity contribution in [2.75, 3.05) is 0 Å². The van der Waals surface area contributed by atoms with Crippen LogP contribution in [0.4, 0.5) is 0 Å². The summed E-state index contributed by atoms with van der Waals surface area (Å²) in [5, 5.41) is 18.3. The zero-order valence-corrected chi connectivity index (χ0v) is 10.1. The number of hydrogen-bond donors (Lipinski definition) is 1. The monoisotopic (exact) mass is 247 g/mol. The number of aliphatic carboxylic acids is 1. The van der Waals surface area contributed by atoms with E-state index in [1.54, 1.807) is 0 Å². The van der Waals surface area contributed by atoms with Crippen LogP contribution in [0.1, 0.15) is 33.6 Å². The van der Waals surface area contributed by atoms with Crippen LogP contribution >= 0.6 is 0 Å². The van der Waals surface area contributed by atoms with Gasteiger partial charge in [-0.15, -0.1) is 10.1 Å². The summed E-state index contributed by atoms with van der Waals surface area (Å²) in [7, 11) is 0. The van der Waals surface area contributed by atoms with Gasteiger partial charge >= 0.3 is 5.97 Å². The lowest BCUT2D eigenvalue weighted by atomic mass is 10.1. The number of carboxylic acid groups (broad SMARTS) is 1. The van der Waals surface area contributed by atoms with E-state index in [1.165, 1.54) is 0 Å². The van der Waals surface area contributed by atoms with Gasteiger partial charge in [-0.3, -0.25) is 4.79 Å². The molecule has 0 spiro atoms. The fraction of sp³-hybridized carbons (Fsp3) is 0.900. The molecule has 98 valence electrons. The quantitative estimate of drug-likeness (QED) is 0.592. The Bertz CT molecular complexity index is 310. The highest BCUT2D eigenvalue weighted by Gasteiger charge is 2.42. The first kappa shape index (κ1) is 13.7. The van der Waals surface area contributed by atoms with Crippen LogP contribution in [0.15, 0.2) is 0 Å². The number of hydrogen-bond acceptors (Lipinski definition) is 5. The van der Waals surface area contributed by atoms with Gasteiger partial charge in [0.05, 0.1) is 17.6 Å². The third-order valence-electron chi connectivity index (χ3n) is 2.52. The van der Waals surface area contributed by atoms with Crippen molar-refractivity contribution >= 4 is 5.97 Å². The zero-order valence-electron chi connectivity index (χ0n) is 10.1. The molecular formula is C10H17NO6. The maximum Gasteiger partial charge on any atom is 0.306 e. The van der Waals surface area contributed by atoms with Crippen molar-refractivity contribution in [1.82, 2.24) is 0 Å². The molecule has 0 heterocycles. The molecule has 7 nitrogen and oxygen atoms in total. The molecule has 0 saturated heterocycles. The van der Waals surface area contributed by atoms with Crippen LogP contribution in [0.25, 0.3) is 0 Å². The third-order valence-corrected chi connectivity index (χ3v) is 2.52. The summed E-state index contributed by atoms with van der Waals surface area (Å²) in [6.07, 6.45) is -1.01. The molecule has 0 amide bonds. The molecule has 1 rings (SSSR count). The van der Waals surface area contributed by atoms with Crippen molar-refractivity contribution in [3.63, 3.8) is 0 Å². The maximum absolute atomic E-state index is 10.9. The summed E-state index contributed by atoms with van der Waals surface area (Å²) in [4.78, 5) is 25.7. The van der Waals surface area contributed by atoms with Crippen molar-refractivity contribution < 1.29 is 24.6 Å². The molecule has 17 heavy (non-hydrogen) atoms. The molecular weight excluding hydrogens is 230 g/mol. The second kappa shape index (κ2) is 4.87.